The Morgan fingerprint density at radius 2 is 1.92 bits per heavy atom. The normalized spacial score (nSPS) is 15.4. The molecule has 1 aliphatic heterocycles. The number of benzene rings is 2. The van der Waals surface area contributed by atoms with Crippen molar-refractivity contribution in [3.63, 3.8) is 0 Å². The average molecular weight is 337 g/mol. The first-order chi connectivity index (χ1) is 11.9. The van der Waals surface area contributed by atoms with E-state index >= 15 is 0 Å². The van der Waals surface area contributed by atoms with Gasteiger partial charge in [-0.15, -0.1) is 0 Å². The molecule has 25 heavy (non-hydrogen) atoms. The van der Waals surface area contributed by atoms with Gasteiger partial charge in [0, 0.05) is 23.6 Å². The molecule has 1 amide bonds. The topological polar surface area (TPSA) is 47.6 Å². The molecule has 1 aliphatic rings. The quantitative estimate of drug-likeness (QED) is 0.848. The molecule has 2 aromatic carbocycles. The Morgan fingerprint density at radius 1 is 1.20 bits per heavy atom. The van der Waals surface area contributed by atoms with Crippen LogP contribution in [0.15, 0.2) is 49.0 Å². The monoisotopic (exact) mass is 337 g/mol. The summed E-state index contributed by atoms with van der Waals surface area (Å²) in [6, 6.07) is 13.8. The highest BCUT2D eigenvalue weighted by atomic mass is 16.6. The zero-order chi connectivity index (χ0) is 18.0. The second-order valence-corrected chi connectivity index (χ2v) is 7.04. The number of carbonyl (C=O) groups is 1. The number of carbonyl (C=O) groups excluding carboxylic acids is 1. The lowest BCUT2D eigenvalue weighted by atomic mass is 9.85. The van der Waals surface area contributed by atoms with Gasteiger partial charge in [-0.2, -0.15) is 0 Å². The van der Waals surface area contributed by atoms with E-state index in [9.17, 15) is 4.79 Å². The highest BCUT2D eigenvalue weighted by Crippen LogP contribution is 2.45. The molecule has 1 heterocycles. The Bertz CT molecular complexity index is 805. The standard InChI is InChI=1S/C21H23NO3/c1-5-14-9-8-12-18-19(14)16(13-22-20(23)25-21(2,3)4)15-10-6-7-11-17(15)24-18/h5-12,16H,1,13H2,2-4H3,(H,22,23). The third-order valence-electron chi connectivity index (χ3n) is 4.03. The van der Waals surface area contributed by atoms with E-state index < -0.39 is 11.7 Å². The van der Waals surface area contributed by atoms with Crippen LogP contribution in [0, 0.1) is 0 Å². The van der Waals surface area contributed by atoms with E-state index in [1.807, 2.05) is 69.3 Å². The van der Waals surface area contributed by atoms with E-state index in [0.717, 1.165) is 28.2 Å². The van der Waals surface area contributed by atoms with Gasteiger partial charge in [0.15, 0.2) is 0 Å². The van der Waals surface area contributed by atoms with Crippen LogP contribution >= 0.6 is 0 Å². The van der Waals surface area contributed by atoms with Gasteiger partial charge in [0.25, 0.3) is 0 Å². The van der Waals surface area contributed by atoms with Gasteiger partial charge in [0.1, 0.15) is 17.1 Å². The van der Waals surface area contributed by atoms with E-state index in [1.54, 1.807) is 0 Å². The molecule has 3 rings (SSSR count). The molecule has 0 saturated carbocycles. The van der Waals surface area contributed by atoms with E-state index in [4.69, 9.17) is 9.47 Å². The number of hydrogen-bond acceptors (Lipinski definition) is 3. The van der Waals surface area contributed by atoms with Crippen LogP contribution in [0.4, 0.5) is 4.79 Å². The van der Waals surface area contributed by atoms with Crippen LogP contribution in [-0.2, 0) is 4.74 Å². The molecule has 0 saturated heterocycles. The maximum Gasteiger partial charge on any atom is 0.407 e. The van der Waals surface area contributed by atoms with Crippen molar-refractivity contribution in [3.05, 3.63) is 65.7 Å². The van der Waals surface area contributed by atoms with Gasteiger partial charge in [-0.25, -0.2) is 4.79 Å². The van der Waals surface area contributed by atoms with E-state index in [1.165, 1.54) is 0 Å². The van der Waals surface area contributed by atoms with Gasteiger partial charge in [-0.05, 0) is 38.5 Å². The lowest BCUT2D eigenvalue weighted by Crippen LogP contribution is -2.35. The minimum atomic E-state index is -0.526. The van der Waals surface area contributed by atoms with Crippen LogP contribution in [0.1, 0.15) is 43.4 Å². The van der Waals surface area contributed by atoms with E-state index in [-0.39, 0.29) is 5.92 Å². The molecule has 0 bridgehead atoms. The fourth-order valence-electron chi connectivity index (χ4n) is 3.05. The predicted octanol–water partition coefficient (Wildman–Crippen LogP) is 5.09. The van der Waals surface area contributed by atoms with Crippen LogP contribution in [0.2, 0.25) is 0 Å². The van der Waals surface area contributed by atoms with Crippen molar-refractivity contribution in [2.45, 2.75) is 32.3 Å². The third kappa shape index (κ3) is 3.68. The first-order valence-corrected chi connectivity index (χ1v) is 8.38. The highest BCUT2D eigenvalue weighted by molar-refractivity contribution is 5.69. The van der Waals surface area contributed by atoms with Gasteiger partial charge < -0.3 is 14.8 Å². The van der Waals surface area contributed by atoms with Crippen LogP contribution < -0.4 is 10.1 Å². The smallest absolute Gasteiger partial charge is 0.407 e. The Balaban J connectivity index is 1.93. The van der Waals surface area contributed by atoms with Crippen molar-refractivity contribution < 1.29 is 14.3 Å². The molecule has 0 fully saturated rings. The van der Waals surface area contributed by atoms with Crippen molar-refractivity contribution in [1.82, 2.24) is 5.32 Å². The first-order valence-electron chi connectivity index (χ1n) is 8.38. The molecule has 0 spiro atoms. The molecule has 2 aromatic rings. The maximum absolute atomic E-state index is 12.1. The van der Waals surface area contributed by atoms with Crippen LogP contribution in [-0.4, -0.2) is 18.2 Å². The Kier molecular flexibility index (Phi) is 4.53. The number of alkyl carbamates (subject to hydrolysis) is 1. The summed E-state index contributed by atoms with van der Waals surface area (Å²) in [4.78, 5) is 12.1. The predicted molar refractivity (Wildman–Crippen MR) is 99.1 cm³/mol. The summed E-state index contributed by atoms with van der Waals surface area (Å²) in [7, 11) is 0. The summed E-state index contributed by atoms with van der Waals surface area (Å²) in [5, 5.41) is 2.89. The first kappa shape index (κ1) is 17.1. The number of fused-ring (bicyclic) bond motifs is 2. The van der Waals surface area contributed by atoms with Gasteiger partial charge in [-0.1, -0.05) is 43.0 Å². The molecule has 0 aromatic heterocycles. The molecule has 1 N–H and O–H groups in total. The zero-order valence-electron chi connectivity index (χ0n) is 14.8. The number of rotatable bonds is 3. The summed E-state index contributed by atoms with van der Waals surface area (Å²) < 4.78 is 11.4. The zero-order valence-corrected chi connectivity index (χ0v) is 14.8. The Labute approximate surface area is 148 Å². The Hall–Kier alpha value is -2.75. The molecular weight excluding hydrogens is 314 g/mol. The molecular formula is C21H23NO3. The van der Waals surface area contributed by atoms with Crippen LogP contribution in [0.25, 0.3) is 6.08 Å². The molecule has 1 unspecified atom stereocenters. The molecule has 4 heteroatoms. The molecule has 1 atom stereocenters. The lowest BCUT2D eigenvalue weighted by molar-refractivity contribution is 0.0525. The lowest BCUT2D eigenvalue weighted by Gasteiger charge is -2.30. The van der Waals surface area contributed by atoms with E-state index in [2.05, 4.69) is 11.9 Å². The largest absolute Gasteiger partial charge is 0.457 e. The third-order valence-corrected chi connectivity index (χ3v) is 4.03. The van der Waals surface area contributed by atoms with Crippen LogP contribution in [0.5, 0.6) is 11.5 Å². The summed E-state index contributed by atoms with van der Waals surface area (Å²) >= 11 is 0. The summed E-state index contributed by atoms with van der Waals surface area (Å²) in [6.07, 6.45) is 1.39. The van der Waals surface area contributed by atoms with Crippen LogP contribution in [0.3, 0.4) is 0 Å². The second kappa shape index (κ2) is 6.63. The van der Waals surface area contributed by atoms with Gasteiger partial charge in [0.2, 0.25) is 0 Å². The minimum Gasteiger partial charge on any atom is -0.457 e. The molecule has 130 valence electrons. The highest BCUT2D eigenvalue weighted by Gasteiger charge is 2.29. The fraction of sp³-hybridized carbons (Fsp3) is 0.286. The molecule has 0 radical (unpaired) electrons. The summed E-state index contributed by atoms with van der Waals surface area (Å²) in [5.41, 5.74) is 2.55. The van der Waals surface area contributed by atoms with Crippen molar-refractivity contribution in [1.29, 1.82) is 0 Å². The SMILES string of the molecule is C=Cc1cccc2c1C(CNC(=O)OC(C)(C)C)c1ccccc1O2. The minimum absolute atomic E-state index is 0.0262. The number of hydrogen-bond donors (Lipinski definition) is 1. The van der Waals surface area contributed by atoms with Gasteiger partial charge in [0.05, 0.1) is 0 Å². The van der Waals surface area contributed by atoms with Gasteiger partial charge >= 0.3 is 6.09 Å². The second-order valence-electron chi connectivity index (χ2n) is 7.04. The maximum atomic E-state index is 12.1. The molecule has 0 aliphatic carbocycles. The van der Waals surface area contributed by atoms with Crippen molar-refractivity contribution in [2.24, 2.45) is 0 Å². The van der Waals surface area contributed by atoms with Crippen molar-refractivity contribution in [3.8, 4) is 11.5 Å². The van der Waals surface area contributed by atoms with Gasteiger partial charge in [-0.3, -0.25) is 0 Å². The van der Waals surface area contributed by atoms with Crippen molar-refractivity contribution >= 4 is 12.2 Å². The summed E-state index contributed by atoms with van der Waals surface area (Å²) in [5.74, 6) is 1.58. The van der Waals surface area contributed by atoms with Crippen molar-refractivity contribution in [2.75, 3.05) is 6.54 Å². The molecule has 4 nitrogen and oxygen atoms in total. The number of para-hydroxylation sites is 1. The van der Waals surface area contributed by atoms with E-state index in [0.29, 0.717) is 6.54 Å². The summed E-state index contributed by atoms with van der Waals surface area (Å²) in [6.45, 7) is 9.88. The number of amides is 1. The number of ether oxygens (including phenoxy) is 2. The average Bonchev–Trinajstić information content (AvgIpc) is 2.56. The fourth-order valence-corrected chi connectivity index (χ4v) is 3.05. The Morgan fingerprint density at radius 3 is 2.64 bits per heavy atom. The number of nitrogens with one attached hydrogen (secondary N) is 1.